The van der Waals surface area contributed by atoms with Crippen LogP contribution in [-0.2, 0) is 61.1 Å². The predicted octanol–water partition coefficient (Wildman–Crippen LogP) is 20.3. The minimum atomic E-state index is -6.66. The normalized spacial score (nSPS) is 12.3. The molecule has 0 saturated carbocycles. The highest BCUT2D eigenvalue weighted by molar-refractivity contribution is 7.97. The zero-order valence-electron chi connectivity index (χ0n) is 60.7. The molecule has 0 aliphatic rings. The molecule has 2 atom stereocenters. The Morgan fingerprint density at radius 2 is 0.708 bits per heavy atom. The van der Waals surface area contributed by atoms with Crippen LogP contribution in [0.4, 0.5) is 22.0 Å². The Morgan fingerprint density at radius 3 is 1.01 bits per heavy atom. The number of carbonyl (C=O) groups is 3. The Bertz CT molecular complexity index is 4280. The number of fused-ring (bicyclic) bond motifs is 1. The third-order valence-corrected chi connectivity index (χ3v) is 22.9. The van der Waals surface area contributed by atoms with E-state index >= 15 is 0 Å². The monoisotopic (exact) mass is 1530 g/mol. The van der Waals surface area contributed by atoms with Gasteiger partial charge in [-0.05, 0) is 223 Å². The van der Waals surface area contributed by atoms with Gasteiger partial charge in [0, 0.05) is 0 Å². The average molecular weight is 1530 g/mol. The van der Waals surface area contributed by atoms with Gasteiger partial charge in [-0.15, -0.1) is 0 Å². The number of phenolic OH excluding ortho intramolecular Hbond substituents is 2. The van der Waals surface area contributed by atoms with Crippen LogP contribution in [0.15, 0.2) is 301 Å². The molecule has 10 aromatic rings. The molecule has 0 aliphatic heterocycles. The molecule has 0 bridgehead atoms. The van der Waals surface area contributed by atoms with E-state index < -0.39 is 60.0 Å². The van der Waals surface area contributed by atoms with Gasteiger partial charge >= 0.3 is 29.3 Å². The lowest BCUT2D eigenvalue weighted by Gasteiger charge is -2.32. The van der Waals surface area contributed by atoms with Gasteiger partial charge in [0.1, 0.15) is 33.1 Å². The van der Waals surface area contributed by atoms with Gasteiger partial charge < -0.3 is 33.5 Å². The Morgan fingerprint density at radius 1 is 0.415 bits per heavy atom. The first-order valence-corrected chi connectivity index (χ1v) is 39.0. The second-order valence-corrected chi connectivity index (χ2v) is 32.7. The second-order valence-electron chi connectivity index (χ2n) is 25.8. The molecular weight excluding hydrogens is 1440 g/mol. The summed E-state index contributed by atoms with van der Waals surface area (Å²) in [6, 6.07) is 86.7. The number of aromatic hydroxyl groups is 2. The maximum absolute atomic E-state index is 13.0. The van der Waals surface area contributed by atoms with Crippen LogP contribution >= 0.6 is 0 Å². The number of halogens is 5. The van der Waals surface area contributed by atoms with Crippen LogP contribution in [0.3, 0.4) is 0 Å². The Labute approximate surface area is 624 Å². The Hall–Kier alpha value is -9.36. The molecule has 0 amide bonds. The van der Waals surface area contributed by atoms with E-state index in [2.05, 4.69) is 201 Å². The summed E-state index contributed by atoms with van der Waals surface area (Å²) in [6.07, 6.45) is -7.79. The van der Waals surface area contributed by atoms with Crippen molar-refractivity contribution in [2.45, 2.75) is 160 Å². The van der Waals surface area contributed by atoms with E-state index in [0.29, 0.717) is 40.4 Å². The van der Waals surface area contributed by atoms with Gasteiger partial charge in [0.2, 0.25) is 0 Å². The topological polar surface area (TPSA) is 234 Å². The van der Waals surface area contributed by atoms with E-state index in [1.807, 2.05) is 53.7 Å². The van der Waals surface area contributed by atoms with Gasteiger partial charge in [0.25, 0.3) is 6.10 Å². The Balaban J connectivity index is 0.000000231. The smallest absolute Gasteiger partial charge is 0.432 e. The van der Waals surface area contributed by atoms with Crippen molar-refractivity contribution >= 4 is 70.7 Å². The van der Waals surface area contributed by atoms with Crippen LogP contribution in [0.5, 0.6) is 23.0 Å². The summed E-state index contributed by atoms with van der Waals surface area (Å²) in [4.78, 5) is 43.0. The molecule has 2 unspecified atom stereocenters. The highest BCUT2D eigenvalue weighted by atomic mass is 32.2. The van der Waals surface area contributed by atoms with Crippen LogP contribution in [0.1, 0.15) is 113 Å². The molecule has 14 nitrogen and oxygen atoms in total. The lowest BCUT2D eigenvalue weighted by atomic mass is 9.90. The maximum atomic E-state index is 13.0. The van der Waals surface area contributed by atoms with Gasteiger partial charge in [-0.3, -0.25) is 14.4 Å². The summed E-state index contributed by atoms with van der Waals surface area (Å²) in [7, 11) is -11.2. The molecule has 0 heterocycles. The summed E-state index contributed by atoms with van der Waals surface area (Å²) in [5.74, 6) is -0.331. The van der Waals surface area contributed by atoms with E-state index in [1.165, 1.54) is 72.2 Å². The fourth-order valence-corrected chi connectivity index (χ4v) is 13.9. The van der Waals surface area contributed by atoms with Crippen LogP contribution in [0.2, 0.25) is 0 Å². The van der Waals surface area contributed by atoms with Crippen molar-refractivity contribution in [1.82, 2.24) is 0 Å². The first-order chi connectivity index (χ1) is 49.8. The number of rotatable bonds is 20. The van der Waals surface area contributed by atoms with Crippen molar-refractivity contribution < 1.29 is 86.7 Å². The molecule has 0 aliphatic carbocycles. The summed E-state index contributed by atoms with van der Waals surface area (Å²) in [5, 5.41) is 13.5. The third-order valence-electron chi connectivity index (χ3n) is 16.7. The highest BCUT2D eigenvalue weighted by Gasteiger charge is 2.63. The van der Waals surface area contributed by atoms with Crippen LogP contribution < -0.4 is 9.47 Å². The molecular formula is C83H89F5O14S4. The zero-order valence-corrected chi connectivity index (χ0v) is 64.0. The van der Waals surface area contributed by atoms with Crippen LogP contribution in [-0.4, -0.2) is 71.6 Å². The van der Waals surface area contributed by atoms with E-state index in [1.54, 1.807) is 42.5 Å². The summed E-state index contributed by atoms with van der Waals surface area (Å²) in [6.45, 7) is 19.1. The fraction of sp³-hybridized carbons (Fsp3) is 0.265. The fourth-order valence-electron chi connectivity index (χ4n) is 8.78. The first-order valence-electron chi connectivity index (χ1n) is 33.7. The number of benzene rings is 10. The number of hydrogen-bond donors (Lipinski definition) is 2. The van der Waals surface area contributed by atoms with Gasteiger partial charge in [-0.25, -0.2) is 16.8 Å². The molecule has 10 aromatic carbocycles. The second kappa shape index (κ2) is 39.8. The molecule has 106 heavy (non-hydrogen) atoms. The first kappa shape index (κ1) is 87.3. The van der Waals surface area contributed by atoms with Crippen molar-refractivity contribution in [1.29, 1.82) is 0 Å². The quantitative estimate of drug-likeness (QED) is 0.0238. The zero-order chi connectivity index (χ0) is 78.7. The minimum Gasteiger partial charge on any atom is -0.744 e. The number of carbonyl (C=O) groups excluding carboxylic acids is 3. The predicted molar refractivity (Wildman–Crippen MR) is 404 cm³/mol. The molecule has 2 N–H and O–H groups in total. The minimum absolute atomic E-state index is 0.0146. The van der Waals surface area contributed by atoms with Gasteiger partial charge in [0.05, 0.1) is 42.9 Å². The molecule has 0 fully saturated rings. The van der Waals surface area contributed by atoms with Crippen LogP contribution in [0, 0.1) is 16.2 Å². The third kappa shape index (κ3) is 26.6. The summed E-state index contributed by atoms with van der Waals surface area (Å²) in [5.41, 5.74) is -1.30. The van der Waals surface area contributed by atoms with Crippen molar-refractivity contribution in [2.75, 3.05) is 0 Å². The largest absolute Gasteiger partial charge is 0.744 e. The molecule has 0 aromatic heterocycles. The lowest BCUT2D eigenvalue weighted by Crippen LogP contribution is -2.53. The standard InChI is InChI=1S/2C18H15S.C16H18O5S.C12H16O3.C10H14O.C9H13F5O5S/c2*1-4-10-16(11-5-1)19(17-12-6-2-7-13-17)18-14-8-3-9-15-18;1-4-16(2,3)15(17)21-13-7-5-12-10-14(22(18,19)20)8-6-11(12)9-13;1-4-12(2,3)11(14)15-10-7-5-9(13)6-8-10;1-3-8(2)9-4-6-10(11)7-5-9;1-4-7(2,3)6(15)19-5(8(10,11)12)9(13,14)20(16,17)18/h2*1-15H;5-10H,4H2,1-3H3,(H,18,19,20);5-8,13H,4H2,1-3H3;4-8,11H,3H2,1-2H3;5H,4H2,1-3H3,(H,16,17,18)/q2*+1;;;;/p-2. The molecule has 564 valence electrons. The van der Waals surface area contributed by atoms with E-state index in [4.69, 9.17) is 19.7 Å². The van der Waals surface area contributed by atoms with Crippen molar-refractivity contribution in [3.05, 3.63) is 272 Å². The van der Waals surface area contributed by atoms with E-state index in [-0.39, 0.29) is 50.8 Å². The number of phenols is 2. The number of hydrogen-bond acceptors (Lipinski definition) is 14. The van der Waals surface area contributed by atoms with Crippen molar-refractivity contribution in [3.8, 4) is 23.0 Å². The Kier molecular flexibility index (Phi) is 32.8. The molecule has 0 spiro atoms. The average Bonchev–Trinajstić information content (AvgIpc) is 0.772. The van der Waals surface area contributed by atoms with Crippen molar-refractivity contribution in [2.24, 2.45) is 16.2 Å². The molecule has 23 heteroatoms. The van der Waals surface area contributed by atoms with Gasteiger partial charge in [-0.2, -0.15) is 22.0 Å². The van der Waals surface area contributed by atoms with Crippen LogP contribution in [0.25, 0.3) is 10.8 Å². The number of esters is 3. The molecule has 0 radical (unpaired) electrons. The van der Waals surface area contributed by atoms with E-state index in [0.717, 1.165) is 26.7 Å². The van der Waals surface area contributed by atoms with Gasteiger partial charge in [0.15, 0.2) is 39.5 Å². The summed E-state index contributed by atoms with van der Waals surface area (Å²) < 4.78 is 141. The summed E-state index contributed by atoms with van der Waals surface area (Å²) >= 11 is 0. The molecule has 10 rings (SSSR count). The van der Waals surface area contributed by atoms with E-state index in [9.17, 15) is 62.3 Å². The lowest BCUT2D eigenvalue weighted by molar-refractivity contribution is -0.262. The van der Waals surface area contributed by atoms with Gasteiger partial charge in [-0.1, -0.05) is 168 Å². The highest BCUT2D eigenvalue weighted by Crippen LogP contribution is 2.40. The number of alkyl halides is 5. The SMILES string of the molecule is CCC(C)(C)C(=O)OC(C(F)(F)F)C(F)(F)S(=O)(=O)[O-].CCC(C)(C)C(=O)Oc1ccc(O)cc1.CCC(C)(C)C(=O)Oc1ccc2cc(S(=O)(=O)[O-])ccc2c1.CCC(C)c1ccc(O)cc1.c1ccc([S+](c2ccccc2)c2ccccc2)cc1.c1ccc([S+](c2ccccc2)c2ccccc2)cc1. The van der Waals surface area contributed by atoms with Crippen molar-refractivity contribution in [3.63, 3.8) is 0 Å². The maximum Gasteiger partial charge on any atom is 0.432 e. The number of ether oxygens (including phenoxy) is 3. The molecule has 0 saturated heterocycles.